The zero-order chi connectivity index (χ0) is 14.8. The molecule has 0 bridgehead atoms. The Balaban J connectivity index is 1.86. The van der Waals surface area contributed by atoms with Gasteiger partial charge in [0.25, 0.3) is 0 Å². The Morgan fingerprint density at radius 3 is 2.71 bits per heavy atom. The molecule has 2 aromatic rings. The van der Waals surface area contributed by atoms with Gasteiger partial charge in [0, 0.05) is 31.4 Å². The van der Waals surface area contributed by atoms with Crippen LogP contribution < -0.4 is 4.90 Å². The molecule has 2 aromatic heterocycles. The van der Waals surface area contributed by atoms with Crippen LogP contribution in [0.3, 0.4) is 0 Å². The third-order valence-corrected chi connectivity index (χ3v) is 4.70. The highest BCUT2D eigenvalue weighted by Crippen LogP contribution is 2.44. The molecule has 1 fully saturated rings. The highest BCUT2D eigenvalue weighted by Gasteiger charge is 2.32. The number of aromatic nitrogens is 2. The average Bonchev–Trinajstić information content (AvgIpc) is 3.24. The molecule has 110 valence electrons. The molecule has 0 radical (unpaired) electrons. The van der Waals surface area contributed by atoms with Crippen molar-refractivity contribution in [2.75, 3.05) is 11.4 Å². The smallest absolute Gasteiger partial charge is 0.347 e. The average molecular weight is 303 g/mol. The summed E-state index contributed by atoms with van der Waals surface area (Å²) in [5.41, 5.74) is 1.92. The lowest BCUT2D eigenvalue weighted by atomic mass is 10.2. The molecule has 5 nitrogen and oxygen atoms in total. The van der Waals surface area contributed by atoms with E-state index in [1.165, 1.54) is 11.3 Å². The molecule has 3 rings (SSSR count). The van der Waals surface area contributed by atoms with Gasteiger partial charge in [-0.3, -0.25) is 4.98 Å². The molecule has 1 aliphatic rings. The van der Waals surface area contributed by atoms with E-state index in [1.54, 1.807) is 12.4 Å². The summed E-state index contributed by atoms with van der Waals surface area (Å²) in [7, 11) is 0. The van der Waals surface area contributed by atoms with Gasteiger partial charge in [-0.25, -0.2) is 9.78 Å². The SMILES string of the molecule is CCN(Cc1ccncc1)c1nc(C2CC2)c(C(=O)O)s1. The van der Waals surface area contributed by atoms with E-state index in [4.69, 9.17) is 0 Å². The van der Waals surface area contributed by atoms with Gasteiger partial charge in [-0.05, 0) is 37.5 Å². The molecule has 2 heterocycles. The molecular weight excluding hydrogens is 286 g/mol. The number of pyridine rings is 1. The minimum absolute atomic E-state index is 0.348. The van der Waals surface area contributed by atoms with E-state index in [2.05, 4.69) is 21.8 Å². The van der Waals surface area contributed by atoms with Gasteiger partial charge in [0.2, 0.25) is 0 Å². The highest BCUT2D eigenvalue weighted by atomic mass is 32.1. The Kier molecular flexibility index (Phi) is 3.88. The fourth-order valence-electron chi connectivity index (χ4n) is 2.27. The van der Waals surface area contributed by atoms with Crippen LogP contribution in [0.1, 0.15) is 46.6 Å². The lowest BCUT2D eigenvalue weighted by Gasteiger charge is -2.19. The molecule has 0 unspecified atom stereocenters. The van der Waals surface area contributed by atoms with Gasteiger partial charge in [0.1, 0.15) is 4.88 Å². The van der Waals surface area contributed by atoms with Gasteiger partial charge in [-0.2, -0.15) is 0 Å². The number of carboxylic acids is 1. The molecule has 1 saturated carbocycles. The Morgan fingerprint density at radius 1 is 1.43 bits per heavy atom. The van der Waals surface area contributed by atoms with E-state index < -0.39 is 5.97 Å². The van der Waals surface area contributed by atoms with Gasteiger partial charge in [-0.1, -0.05) is 11.3 Å². The van der Waals surface area contributed by atoms with E-state index in [0.717, 1.165) is 42.3 Å². The molecule has 0 saturated heterocycles. The quantitative estimate of drug-likeness (QED) is 0.888. The lowest BCUT2D eigenvalue weighted by Crippen LogP contribution is -2.21. The van der Waals surface area contributed by atoms with Crippen LogP contribution in [0.25, 0.3) is 0 Å². The zero-order valence-electron chi connectivity index (χ0n) is 11.8. The Hall–Kier alpha value is -1.95. The maximum atomic E-state index is 11.4. The standard InChI is InChI=1S/C15H17N3O2S/c1-2-18(9-10-5-7-16-8-6-10)15-17-12(11-3-4-11)13(21-15)14(19)20/h5-8,11H,2-4,9H2,1H3,(H,19,20). The monoisotopic (exact) mass is 303 g/mol. The van der Waals surface area contributed by atoms with Crippen molar-refractivity contribution >= 4 is 22.4 Å². The zero-order valence-corrected chi connectivity index (χ0v) is 12.6. The van der Waals surface area contributed by atoms with Crippen molar-refractivity contribution in [2.24, 2.45) is 0 Å². The number of nitrogens with zero attached hydrogens (tertiary/aromatic N) is 3. The van der Waals surface area contributed by atoms with E-state index in [1.807, 2.05) is 12.1 Å². The topological polar surface area (TPSA) is 66.3 Å². The van der Waals surface area contributed by atoms with Gasteiger partial charge in [0.15, 0.2) is 5.13 Å². The maximum Gasteiger partial charge on any atom is 0.347 e. The number of carboxylic acid groups (broad SMARTS) is 1. The number of aromatic carboxylic acids is 1. The third-order valence-electron chi connectivity index (χ3n) is 3.58. The van der Waals surface area contributed by atoms with Crippen LogP contribution in [0.2, 0.25) is 0 Å². The van der Waals surface area contributed by atoms with Crippen molar-refractivity contribution < 1.29 is 9.90 Å². The van der Waals surface area contributed by atoms with Crippen LogP contribution in [0, 0.1) is 0 Å². The number of anilines is 1. The number of hydrogen-bond acceptors (Lipinski definition) is 5. The second kappa shape index (κ2) is 5.81. The molecule has 0 amide bonds. The van der Waals surface area contributed by atoms with Gasteiger partial charge >= 0.3 is 5.97 Å². The van der Waals surface area contributed by atoms with E-state index in [0.29, 0.717) is 10.8 Å². The molecule has 1 N–H and O–H groups in total. The second-order valence-electron chi connectivity index (χ2n) is 5.16. The summed E-state index contributed by atoms with van der Waals surface area (Å²) in [6.45, 7) is 3.56. The molecule has 0 atom stereocenters. The summed E-state index contributed by atoms with van der Waals surface area (Å²) in [6, 6.07) is 3.94. The molecular formula is C15H17N3O2S. The summed E-state index contributed by atoms with van der Waals surface area (Å²) in [4.78, 5) is 22.5. The summed E-state index contributed by atoms with van der Waals surface area (Å²) in [5.74, 6) is -0.513. The second-order valence-corrected chi connectivity index (χ2v) is 6.14. The Labute approximate surface area is 127 Å². The first-order chi connectivity index (χ1) is 10.2. The third kappa shape index (κ3) is 3.05. The van der Waals surface area contributed by atoms with Gasteiger partial charge < -0.3 is 10.0 Å². The van der Waals surface area contributed by atoms with Crippen molar-refractivity contribution in [3.8, 4) is 0 Å². The number of hydrogen-bond donors (Lipinski definition) is 1. The fraction of sp³-hybridized carbons (Fsp3) is 0.400. The number of carbonyl (C=O) groups is 1. The minimum Gasteiger partial charge on any atom is -0.477 e. The summed E-state index contributed by atoms with van der Waals surface area (Å²) >= 11 is 1.29. The number of thiazole rings is 1. The molecule has 0 aromatic carbocycles. The van der Waals surface area contributed by atoms with Crippen LogP contribution in [-0.4, -0.2) is 27.6 Å². The van der Waals surface area contributed by atoms with Crippen molar-refractivity contribution in [3.63, 3.8) is 0 Å². The van der Waals surface area contributed by atoms with Crippen LogP contribution in [0.4, 0.5) is 5.13 Å². The fourth-order valence-corrected chi connectivity index (χ4v) is 3.32. The van der Waals surface area contributed by atoms with Crippen LogP contribution in [-0.2, 0) is 6.54 Å². The van der Waals surface area contributed by atoms with E-state index in [-0.39, 0.29) is 0 Å². The van der Waals surface area contributed by atoms with Crippen molar-refractivity contribution in [2.45, 2.75) is 32.2 Å². The first-order valence-corrected chi connectivity index (χ1v) is 7.88. The van der Waals surface area contributed by atoms with Gasteiger partial charge in [-0.15, -0.1) is 0 Å². The van der Waals surface area contributed by atoms with Crippen molar-refractivity contribution in [1.29, 1.82) is 0 Å². The Bertz CT molecular complexity index is 638. The van der Waals surface area contributed by atoms with Gasteiger partial charge in [0.05, 0.1) is 5.69 Å². The van der Waals surface area contributed by atoms with Crippen LogP contribution in [0.15, 0.2) is 24.5 Å². The molecule has 0 aliphatic heterocycles. The first kappa shape index (κ1) is 14.0. The van der Waals surface area contributed by atoms with Crippen LogP contribution in [0.5, 0.6) is 0 Å². The van der Waals surface area contributed by atoms with Crippen molar-refractivity contribution in [3.05, 3.63) is 40.7 Å². The maximum absolute atomic E-state index is 11.4. The van der Waals surface area contributed by atoms with E-state index >= 15 is 0 Å². The van der Waals surface area contributed by atoms with Crippen LogP contribution >= 0.6 is 11.3 Å². The molecule has 1 aliphatic carbocycles. The predicted molar refractivity (Wildman–Crippen MR) is 82.0 cm³/mol. The summed E-state index contributed by atoms with van der Waals surface area (Å²) in [5, 5.41) is 10.1. The summed E-state index contributed by atoms with van der Waals surface area (Å²) < 4.78 is 0. The predicted octanol–water partition coefficient (Wildman–Crippen LogP) is 3.14. The normalized spacial score (nSPS) is 14.1. The Morgan fingerprint density at radius 2 is 2.14 bits per heavy atom. The minimum atomic E-state index is -0.861. The summed E-state index contributed by atoms with van der Waals surface area (Å²) in [6.07, 6.45) is 5.65. The lowest BCUT2D eigenvalue weighted by molar-refractivity contribution is 0.0700. The molecule has 0 spiro atoms. The number of rotatable bonds is 6. The van der Waals surface area contributed by atoms with Crippen molar-refractivity contribution in [1.82, 2.24) is 9.97 Å². The van der Waals surface area contributed by atoms with E-state index in [9.17, 15) is 9.90 Å². The highest BCUT2D eigenvalue weighted by molar-refractivity contribution is 7.17. The molecule has 21 heavy (non-hydrogen) atoms. The molecule has 6 heteroatoms. The first-order valence-electron chi connectivity index (χ1n) is 7.07. The largest absolute Gasteiger partial charge is 0.477 e.